The number of aromatic hydroxyl groups is 1. The number of carbonyl (C=O) groups is 2. The molecule has 1 aliphatic rings. The third-order valence-electron chi connectivity index (χ3n) is 4.71. The highest BCUT2D eigenvalue weighted by Crippen LogP contribution is 2.18. The fraction of sp³-hybridized carbons (Fsp3) is 0.333. The highest BCUT2D eigenvalue weighted by Gasteiger charge is 2.27. The van der Waals surface area contributed by atoms with Crippen molar-refractivity contribution in [3.8, 4) is 11.5 Å². The van der Waals surface area contributed by atoms with E-state index < -0.39 is 6.10 Å². The number of piperazine rings is 1. The fourth-order valence-corrected chi connectivity index (χ4v) is 3.10. The van der Waals surface area contributed by atoms with Crippen LogP contribution in [0.5, 0.6) is 11.5 Å². The first kappa shape index (κ1) is 19.7. The number of rotatable bonds is 5. The highest BCUT2D eigenvalue weighted by atomic mass is 19.1. The Morgan fingerprint density at radius 1 is 1.00 bits per heavy atom. The molecule has 1 saturated heterocycles. The maximum Gasteiger partial charge on any atom is 0.263 e. The van der Waals surface area contributed by atoms with Gasteiger partial charge in [0, 0.05) is 26.2 Å². The van der Waals surface area contributed by atoms with E-state index >= 15 is 0 Å². The largest absolute Gasteiger partial charge is 0.508 e. The second kappa shape index (κ2) is 8.73. The van der Waals surface area contributed by atoms with E-state index in [1.165, 1.54) is 24.3 Å². The van der Waals surface area contributed by atoms with Crippen molar-refractivity contribution in [1.29, 1.82) is 0 Å². The van der Waals surface area contributed by atoms with Gasteiger partial charge in [0.15, 0.2) is 6.10 Å². The van der Waals surface area contributed by atoms with Crippen LogP contribution in [0.2, 0.25) is 0 Å². The molecule has 0 bridgehead atoms. The molecule has 0 aliphatic carbocycles. The van der Waals surface area contributed by atoms with Gasteiger partial charge in [-0.15, -0.1) is 0 Å². The van der Waals surface area contributed by atoms with E-state index in [2.05, 4.69) is 0 Å². The third-order valence-corrected chi connectivity index (χ3v) is 4.71. The molecule has 1 atom stereocenters. The monoisotopic (exact) mass is 386 g/mol. The summed E-state index contributed by atoms with van der Waals surface area (Å²) >= 11 is 0. The summed E-state index contributed by atoms with van der Waals surface area (Å²) in [5.74, 6) is 0.136. The molecule has 2 aromatic rings. The maximum absolute atomic E-state index is 13.0. The van der Waals surface area contributed by atoms with Crippen LogP contribution in [0.25, 0.3) is 0 Å². The smallest absolute Gasteiger partial charge is 0.263 e. The summed E-state index contributed by atoms with van der Waals surface area (Å²) in [6.07, 6.45) is -0.444. The van der Waals surface area contributed by atoms with Gasteiger partial charge in [-0.1, -0.05) is 12.1 Å². The van der Waals surface area contributed by atoms with E-state index in [1.807, 2.05) is 0 Å². The number of halogens is 1. The van der Waals surface area contributed by atoms with Gasteiger partial charge in [-0.05, 0) is 48.9 Å². The Morgan fingerprint density at radius 3 is 2.18 bits per heavy atom. The van der Waals surface area contributed by atoms with Crippen LogP contribution in [-0.2, 0) is 16.0 Å². The summed E-state index contributed by atoms with van der Waals surface area (Å²) in [5.41, 5.74) is 0.765. The number of phenolic OH excluding ortho intramolecular Hbond substituents is 1. The molecule has 1 N–H and O–H groups in total. The summed E-state index contributed by atoms with van der Waals surface area (Å²) in [6, 6.07) is 12.1. The molecule has 2 aromatic carbocycles. The molecule has 1 aliphatic heterocycles. The Hall–Kier alpha value is -3.09. The summed E-state index contributed by atoms with van der Waals surface area (Å²) in [5, 5.41) is 9.30. The molecule has 2 amide bonds. The number of hydrogen-bond acceptors (Lipinski definition) is 4. The maximum atomic E-state index is 13.0. The molecule has 1 unspecified atom stereocenters. The fourth-order valence-electron chi connectivity index (χ4n) is 3.10. The van der Waals surface area contributed by atoms with Gasteiger partial charge < -0.3 is 19.6 Å². The SMILES string of the molecule is CC(Oc1ccc(O)cc1)C(=O)N1CCN(C(=O)Cc2ccc(F)cc2)CC1. The van der Waals surface area contributed by atoms with Crippen LogP contribution >= 0.6 is 0 Å². The van der Waals surface area contributed by atoms with E-state index in [0.717, 1.165) is 5.56 Å². The normalized spacial score (nSPS) is 15.2. The van der Waals surface area contributed by atoms with Gasteiger partial charge in [0.1, 0.15) is 17.3 Å². The van der Waals surface area contributed by atoms with Crippen molar-refractivity contribution in [2.75, 3.05) is 26.2 Å². The van der Waals surface area contributed by atoms with Gasteiger partial charge in [-0.25, -0.2) is 4.39 Å². The van der Waals surface area contributed by atoms with Crippen LogP contribution in [-0.4, -0.2) is 59.0 Å². The van der Waals surface area contributed by atoms with E-state index in [1.54, 1.807) is 41.0 Å². The van der Waals surface area contributed by atoms with Crippen molar-refractivity contribution in [3.63, 3.8) is 0 Å². The van der Waals surface area contributed by atoms with Crippen molar-refractivity contribution in [2.24, 2.45) is 0 Å². The minimum atomic E-state index is -0.661. The zero-order valence-electron chi connectivity index (χ0n) is 15.7. The van der Waals surface area contributed by atoms with Crippen molar-refractivity contribution in [3.05, 3.63) is 59.9 Å². The zero-order chi connectivity index (χ0) is 20.1. The molecule has 28 heavy (non-hydrogen) atoms. The summed E-state index contributed by atoms with van der Waals surface area (Å²) in [7, 11) is 0. The van der Waals surface area contributed by atoms with E-state index in [4.69, 9.17) is 4.74 Å². The predicted octanol–water partition coefficient (Wildman–Crippen LogP) is 2.21. The average Bonchev–Trinajstić information content (AvgIpc) is 2.71. The van der Waals surface area contributed by atoms with Gasteiger partial charge in [0.25, 0.3) is 5.91 Å². The van der Waals surface area contributed by atoms with Gasteiger partial charge in [-0.3, -0.25) is 9.59 Å². The molecule has 1 fully saturated rings. The molecule has 7 heteroatoms. The van der Waals surface area contributed by atoms with Crippen LogP contribution in [0.3, 0.4) is 0 Å². The Labute approximate surface area is 163 Å². The number of phenols is 1. The van der Waals surface area contributed by atoms with Crippen LogP contribution in [0, 0.1) is 5.82 Å². The second-order valence-corrected chi connectivity index (χ2v) is 6.76. The highest BCUT2D eigenvalue weighted by molar-refractivity contribution is 5.82. The number of carbonyl (C=O) groups excluding carboxylic acids is 2. The van der Waals surface area contributed by atoms with Crippen LogP contribution in [0.1, 0.15) is 12.5 Å². The number of hydrogen-bond donors (Lipinski definition) is 1. The Morgan fingerprint density at radius 2 is 1.57 bits per heavy atom. The topological polar surface area (TPSA) is 70.1 Å². The predicted molar refractivity (Wildman–Crippen MR) is 101 cm³/mol. The molecular formula is C21H23FN2O4. The average molecular weight is 386 g/mol. The molecule has 0 radical (unpaired) electrons. The first-order valence-corrected chi connectivity index (χ1v) is 9.19. The second-order valence-electron chi connectivity index (χ2n) is 6.76. The summed E-state index contributed by atoms with van der Waals surface area (Å²) < 4.78 is 18.6. The lowest BCUT2D eigenvalue weighted by Crippen LogP contribution is -2.53. The zero-order valence-corrected chi connectivity index (χ0v) is 15.7. The number of nitrogens with zero attached hydrogens (tertiary/aromatic N) is 2. The van der Waals surface area contributed by atoms with E-state index in [-0.39, 0.29) is 29.8 Å². The third kappa shape index (κ3) is 5.00. The van der Waals surface area contributed by atoms with Gasteiger partial charge >= 0.3 is 0 Å². The van der Waals surface area contributed by atoms with Gasteiger partial charge in [-0.2, -0.15) is 0 Å². The quantitative estimate of drug-likeness (QED) is 0.856. The number of benzene rings is 2. The molecular weight excluding hydrogens is 363 g/mol. The summed E-state index contributed by atoms with van der Waals surface area (Å²) in [6.45, 7) is 3.48. The lowest BCUT2D eigenvalue weighted by Gasteiger charge is -2.36. The standard InChI is InChI=1S/C21H23FN2O4/c1-15(28-19-8-6-18(25)7-9-19)21(27)24-12-10-23(11-13-24)20(26)14-16-2-4-17(22)5-3-16/h2-9,15,25H,10-14H2,1H3. The lowest BCUT2D eigenvalue weighted by atomic mass is 10.1. The number of amides is 2. The lowest BCUT2D eigenvalue weighted by molar-refractivity contribution is -0.143. The Balaban J connectivity index is 1.48. The molecule has 0 aromatic heterocycles. The molecule has 6 nitrogen and oxygen atoms in total. The molecule has 1 heterocycles. The first-order valence-electron chi connectivity index (χ1n) is 9.19. The van der Waals surface area contributed by atoms with Gasteiger partial charge in [0.05, 0.1) is 6.42 Å². The minimum absolute atomic E-state index is 0.0351. The van der Waals surface area contributed by atoms with E-state index in [9.17, 15) is 19.1 Å². The van der Waals surface area contributed by atoms with Gasteiger partial charge in [0.2, 0.25) is 5.91 Å². The number of ether oxygens (including phenoxy) is 1. The minimum Gasteiger partial charge on any atom is -0.508 e. The summed E-state index contributed by atoms with van der Waals surface area (Å²) in [4.78, 5) is 28.4. The Bertz CT molecular complexity index is 815. The van der Waals surface area contributed by atoms with Crippen molar-refractivity contribution < 1.29 is 23.8 Å². The van der Waals surface area contributed by atoms with Crippen molar-refractivity contribution in [1.82, 2.24) is 9.80 Å². The van der Waals surface area contributed by atoms with Crippen LogP contribution in [0.4, 0.5) is 4.39 Å². The molecule has 148 valence electrons. The van der Waals surface area contributed by atoms with Crippen molar-refractivity contribution in [2.45, 2.75) is 19.4 Å². The molecule has 0 saturated carbocycles. The first-order chi connectivity index (χ1) is 13.4. The van der Waals surface area contributed by atoms with Crippen molar-refractivity contribution >= 4 is 11.8 Å². The Kier molecular flexibility index (Phi) is 6.13. The molecule has 3 rings (SSSR count). The van der Waals surface area contributed by atoms with Crippen LogP contribution < -0.4 is 4.74 Å². The van der Waals surface area contributed by atoms with E-state index in [0.29, 0.717) is 31.9 Å². The van der Waals surface area contributed by atoms with Crippen LogP contribution in [0.15, 0.2) is 48.5 Å². The molecule has 0 spiro atoms.